The van der Waals surface area contributed by atoms with Crippen LogP contribution in [0.4, 0.5) is 17.5 Å². The van der Waals surface area contributed by atoms with Crippen LogP contribution < -0.4 is 10.6 Å². The zero-order valence-electron chi connectivity index (χ0n) is 13.6. The Hall–Kier alpha value is -3.47. The molecule has 0 saturated heterocycles. The van der Waals surface area contributed by atoms with Crippen molar-refractivity contribution >= 4 is 28.4 Å². The molecule has 2 heterocycles. The van der Waals surface area contributed by atoms with E-state index in [1.807, 2.05) is 54.6 Å². The second-order valence-electron chi connectivity index (χ2n) is 5.62. The minimum Gasteiger partial charge on any atom is -0.365 e. The molecule has 0 unspecified atom stereocenters. The van der Waals surface area contributed by atoms with E-state index in [0.717, 1.165) is 22.4 Å². The van der Waals surface area contributed by atoms with Gasteiger partial charge in [0.2, 0.25) is 5.95 Å². The largest absolute Gasteiger partial charge is 0.365 e. The van der Waals surface area contributed by atoms with E-state index in [4.69, 9.17) is 0 Å². The lowest BCUT2D eigenvalue weighted by molar-refractivity contribution is 1.10. The summed E-state index contributed by atoms with van der Waals surface area (Å²) in [5, 5.41) is 7.63. The number of rotatable bonds is 5. The van der Waals surface area contributed by atoms with Crippen LogP contribution in [0, 0.1) is 0 Å². The van der Waals surface area contributed by atoms with Crippen LogP contribution in [0.2, 0.25) is 0 Å². The molecule has 4 rings (SSSR count). The highest BCUT2D eigenvalue weighted by Crippen LogP contribution is 2.23. The van der Waals surface area contributed by atoms with Gasteiger partial charge in [0.25, 0.3) is 0 Å². The molecule has 2 aromatic heterocycles. The van der Waals surface area contributed by atoms with Crippen LogP contribution in [0.1, 0.15) is 5.56 Å². The lowest BCUT2D eigenvalue weighted by Gasteiger charge is -2.12. The third-order valence-corrected chi connectivity index (χ3v) is 3.82. The fourth-order valence-electron chi connectivity index (χ4n) is 2.61. The van der Waals surface area contributed by atoms with E-state index in [1.54, 1.807) is 12.4 Å². The maximum absolute atomic E-state index is 4.65. The molecule has 0 aliphatic heterocycles. The van der Waals surface area contributed by atoms with Crippen molar-refractivity contribution in [1.29, 1.82) is 0 Å². The lowest BCUT2D eigenvalue weighted by Crippen LogP contribution is -2.05. The van der Waals surface area contributed by atoms with Crippen molar-refractivity contribution in [3.63, 3.8) is 0 Å². The van der Waals surface area contributed by atoms with Gasteiger partial charge < -0.3 is 10.6 Å². The summed E-state index contributed by atoms with van der Waals surface area (Å²) in [6, 6.07) is 22.0. The Morgan fingerprint density at radius 2 is 1.64 bits per heavy atom. The van der Waals surface area contributed by atoms with Gasteiger partial charge in [-0.3, -0.25) is 4.98 Å². The number of benzene rings is 2. The number of hydrogen-bond donors (Lipinski definition) is 2. The third-order valence-electron chi connectivity index (χ3n) is 3.82. The molecule has 25 heavy (non-hydrogen) atoms. The summed E-state index contributed by atoms with van der Waals surface area (Å²) in [6.45, 7) is 0.703. The van der Waals surface area contributed by atoms with Gasteiger partial charge in [0.1, 0.15) is 5.82 Å². The third kappa shape index (κ3) is 3.55. The predicted octanol–water partition coefficient (Wildman–Crippen LogP) is 4.38. The Balaban J connectivity index is 1.66. The van der Waals surface area contributed by atoms with Gasteiger partial charge in [-0.25, -0.2) is 4.98 Å². The molecule has 5 heteroatoms. The SMILES string of the molecule is c1ccc(CNc2nc(Nc3cccnc3)nc3ccccc23)cc1. The minimum atomic E-state index is 0.544. The van der Waals surface area contributed by atoms with Crippen molar-refractivity contribution in [2.45, 2.75) is 6.54 Å². The molecule has 122 valence electrons. The van der Waals surface area contributed by atoms with Crippen LogP contribution in [-0.4, -0.2) is 15.0 Å². The number of pyridine rings is 1. The van der Waals surface area contributed by atoms with Gasteiger partial charge in [-0.05, 0) is 29.8 Å². The number of hydrogen-bond acceptors (Lipinski definition) is 5. The fourth-order valence-corrected chi connectivity index (χ4v) is 2.61. The van der Waals surface area contributed by atoms with Crippen molar-refractivity contribution in [3.8, 4) is 0 Å². The lowest BCUT2D eigenvalue weighted by atomic mass is 10.2. The molecule has 0 atom stereocenters. The number of nitrogens with one attached hydrogen (secondary N) is 2. The topological polar surface area (TPSA) is 62.7 Å². The minimum absolute atomic E-state index is 0.544. The van der Waals surface area contributed by atoms with Crippen molar-refractivity contribution in [1.82, 2.24) is 15.0 Å². The van der Waals surface area contributed by atoms with E-state index >= 15 is 0 Å². The first-order chi connectivity index (χ1) is 12.4. The Labute approximate surface area is 145 Å². The maximum atomic E-state index is 4.65. The molecule has 0 aliphatic rings. The van der Waals surface area contributed by atoms with E-state index in [1.165, 1.54) is 5.56 Å². The Kier molecular flexibility index (Phi) is 4.20. The zero-order chi connectivity index (χ0) is 16.9. The average molecular weight is 327 g/mol. The highest BCUT2D eigenvalue weighted by molar-refractivity contribution is 5.90. The van der Waals surface area contributed by atoms with Gasteiger partial charge in [0.05, 0.1) is 17.4 Å². The van der Waals surface area contributed by atoms with Crippen molar-refractivity contribution in [3.05, 3.63) is 84.7 Å². The van der Waals surface area contributed by atoms with Gasteiger partial charge in [-0.15, -0.1) is 0 Å². The second-order valence-corrected chi connectivity index (χ2v) is 5.62. The maximum Gasteiger partial charge on any atom is 0.229 e. The van der Waals surface area contributed by atoms with E-state index in [9.17, 15) is 0 Å². The van der Waals surface area contributed by atoms with Crippen LogP contribution in [0.15, 0.2) is 79.1 Å². The molecule has 0 spiro atoms. The summed E-state index contributed by atoms with van der Waals surface area (Å²) in [5.74, 6) is 1.35. The highest BCUT2D eigenvalue weighted by atomic mass is 15.1. The molecule has 0 amide bonds. The number of para-hydroxylation sites is 1. The molecule has 0 fully saturated rings. The fraction of sp³-hybridized carbons (Fsp3) is 0.0500. The second kappa shape index (κ2) is 6.97. The summed E-state index contributed by atoms with van der Waals surface area (Å²) in [4.78, 5) is 13.4. The van der Waals surface area contributed by atoms with Gasteiger partial charge >= 0.3 is 0 Å². The first kappa shape index (κ1) is 15.1. The molecule has 5 nitrogen and oxygen atoms in total. The normalized spacial score (nSPS) is 10.6. The highest BCUT2D eigenvalue weighted by Gasteiger charge is 2.08. The number of nitrogens with zero attached hydrogens (tertiary/aromatic N) is 3. The molecule has 0 aliphatic carbocycles. The van der Waals surface area contributed by atoms with Crippen molar-refractivity contribution < 1.29 is 0 Å². The van der Waals surface area contributed by atoms with Crippen molar-refractivity contribution in [2.75, 3.05) is 10.6 Å². The molecular formula is C20H17N5. The van der Waals surface area contributed by atoms with Crippen LogP contribution in [-0.2, 0) is 6.54 Å². The van der Waals surface area contributed by atoms with E-state index in [0.29, 0.717) is 12.5 Å². The van der Waals surface area contributed by atoms with Gasteiger partial charge in [-0.1, -0.05) is 42.5 Å². The van der Waals surface area contributed by atoms with Crippen LogP contribution in [0.3, 0.4) is 0 Å². The molecular weight excluding hydrogens is 310 g/mol. The predicted molar refractivity (Wildman–Crippen MR) is 101 cm³/mol. The number of aromatic nitrogens is 3. The number of fused-ring (bicyclic) bond motifs is 1. The molecule has 0 saturated carbocycles. The molecule has 2 N–H and O–H groups in total. The smallest absolute Gasteiger partial charge is 0.229 e. The van der Waals surface area contributed by atoms with Gasteiger partial charge in [-0.2, -0.15) is 4.98 Å². The molecule has 4 aromatic rings. The molecule has 2 aromatic carbocycles. The van der Waals surface area contributed by atoms with Crippen molar-refractivity contribution in [2.24, 2.45) is 0 Å². The first-order valence-electron chi connectivity index (χ1n) is 8.10. The first-order valence-corrected chi connectivity index (χ1v) is 8.10. The zero-order valence-corrected chi connectivity index (χ0v) is 13.6. The average Bonchev–Trinajstić information content (AvgIpc) is 2.68. The Morgan fingerprint density at radius 1 is 0.800 bits per heavy atom. The van der Waals surface area contributed by atoms with Crippen LogP contribution in [0.25, 0.3) is 10.9 Å². The Bertz CT molecular complexity index is 971. The van der Waals surface area contributed by atoms with Crippen LogP contribution >= 0.6 is 0 Å². The van der Waals surface area contributed by atoms with E-state index in [2.05, 4.69) is 37.7 Å². The standard InChI is InChI=1S/C20H17N5/c1-2-7-15(8-3-1)13-22-19-17-10-4-5-11-18(17)24-20(25-19)23-16-9-6-12-21-14-16/h1-12,14H,13H2,(H2,22,23,24,25). The summed E-state index contributed by atoms with van der Waals surface area (Å²) in [6.07, 6.45) is 3.48. The monoisotopic (exact) mass is 327 g/mol. The summed E-state index contributed by atoms with van der Waals surface area (Å²) >= 11 is 0. The Morgan fingerprint density at radius 3 is 2.48 bits per heavy atom. The summed E-state index contributed by atoms with van der Waals surface area (Å²) < 4.78 is 0. The molecule has 0 bridgehead atoms. The quantitative estimate of drug-likeness (QED) is 0.569. The van der Waals surface area contributed by atoms with Gasteiger partial charge in [0, 0.05) is 18.1 Å². The van der Waals surface area contributed by atoms with E-state index < -0.39 is 0 Å². The van der Waals surface area contributed by atoms with Gasteiger partial charge in [0.15, 0.2) is 0 Å². The van der Waals surface area contributed by atoms with E-state index in [-0.39, 0.29) is 0 Å². The number of anilines is 3. The molecule has 0 radical (unpaired) electrons. The summed E-state index contributed by atoms with van der Waals surface area (Å²) in [5.41, 5.74) is 2.94. The van der Waals surface area contributed by atoms with Crippen LogP contribution in [0.5, 0.6) is 0 Å². The summed E-state index contributed by atoms with van der Waals surface area (Å²) in [7, 11) is 0.